The van der Waals surface area contributed by atoms with Crippen molar-refractivity contribution in [1.29, 1.82) is 0 Å². The van der Waals surface area contributed by atoms with Crippen molar-refractivity contribution in [3.05, 3.63) is 85.1 Å². The van der Waals surface area contributed by atoms with E-state index >= 15 is 0 Å². The lowest BCUT2D eigenvalue weighted by molar-refractivity contribution is -0.166. The molecule has 1 atom stereocenters. The molecule has 324 valence electrons. The van der Waals surface area contributed by atoms with Gasteiger partial charge in [-0.15, -0.1) is 0 Å². The van der Waals surface area contributed by atoms with Crippen LogP contribution in [-0.4, -0.2) is 37.2 Å². The van der Waals surface area contributed by atoms with Crippen LogP contribution in [0.1, 0.15) is 201 Å². The number of carbonyl (C=O) groups excluding carboxylic acids is 3. The standard InChI is InChI=1S/C51H84O6/c1-4-7-10-13-16-19-22-25-28-31-34-37-40-43-49(52)55-46-48(57-51(54)45-42-39-36-33-30-27-24-21-18-15-12-9-6-3)47-56-50(53)44-41-38-35-32-29-26-23-20-17-14-11-8-5-2/h7,9-10,12,16,18-19,21,25,27-28,30,34,37,48H,4-6,8,11,13-15,17,20,22-24,26,29,31-33,35-36,38-47H2,1-3H3/b10-7-,12-9-,19-16-,21-18-,28-25-,30-27-,37-34-. The summed E-state index contributed by atoms with van der Waals surface area (Å²) in [4.78, 5) is 37.7. The molecular formula is C51H84O6. The number of ether oxygens (including phenoxy) is 3. The molecule has 0 saturated carbocycles. The Balaban J connectivity index is 4.53. The largest absolute Gasteiger partial charge is 0.462 e. The van der Waals surface area contributed by atoms with Gasteiger partial charge < -0.3 is 14.2 Å². The third-order valence-electron chi connectivity index (χ3n) is 9.41. The maximum atomic E-state index is 12.7. The van der Waals surface area contributed by atoms with Gasteiger partial charge in [-0.1, -0.05) is 189 Å². The van der Waals surface area contributed by atoms with Crippen LogP contribution in [0.25, 0.3) is 0 Å². The molecule has 6 heteroatoms. The Hall–Kier alpha value is -3.41. The number of allylic oxidation sites excluding steroid dienone is 14. The second-order valence-corrected chi connectivity index (χ2v) is 14.9. The Morgan fingerprint density at radius 2 is 0.719 bits per heavy atom. The van der Waals surface area contributed by atoms with Crippen molar-refractivity contribution in [3.8, 4) is 0 Å². The van der Waals surface area contributed by atoms with Crippen LogP contribution in [0.4, 0.5) is 0 Å². The van der Waals surface area contributed by atoms with Crippen molar-refractivity contribution in [2.45, 2.75) is 207 Å². The van der Waals surface area contributed by atoms with E-state index < -0.39 is 6.10 Å². The molecule has 0 aromatic carbocycles. The lowest BCUT2D eigenvalue weighted by Gasteiger charge is -2.18. The summed E-state index contributed by atoms with van der Waals surface area (Å²) < 4.78 is 16.6. The minimum Gasteiger partial charge on any atom is -0.462 e. The normalized spacial score (nSPS) is 12.8. The van der Waals surface area contributed by atoms with Crippen LogP contribution in [0.3, 0.4) is 0 Å². The van der Waals surface area contributed by atoms with E-state index in [0.29, 0.717) is 12.8 Å². The first-order chi connectivity index (χ1) is 28.0. The van der Waals surface area contributed by atoms with Gasteiger partial charge in [0.05, 0.1) is 0 Å². The number of hydrogen-bond acceptors (Lipinski definition) is 6. The summed E-state index contributed by atoms with van der Waals surface area (Å²) in [7, 11) is 0. The van der Waals surface area contributed by atoms with Gasteiger partial charge in [0, 0.05) is 19.3 Å². The number of unbranched alkanes of at least 4 members (excludes halogenated alkanes) is 15. The van der Waals surface area contributed by atoms with Gasteiger partial charge >= 0.3 is 17.9 Å². The van der Waals surface area contributed by atoms with E-state index in [4.69, 9.17) is 14.2 Å². The fraction of sp³-hybridized carbons (Fsp3) is 0.667. The van der Waals surface area contributed by atoms with Gasteiger partial charge in [-0.05, 0) is 77.0 Å². The molecule has 6 nitrogen and oxygen atoms in total. The average Bonchev–Trinajstić information content (AvgIpc) is 3.21. The van der Waals surface area contributed by atoms with Crippen molar-refractivity contribution < 1.29 is 28.6 Å². The Bertz CT molecular complexity index is 1140. The molecule has 0 saturated heterocycles. The second kappa shape index (κ2) is 45.3. The van der Waals surface area contributed by atoms with Crippen LogP contribution in [-0.2, 0) is 28.6 Å². The zero-order valence-corrected chi connectivity index (χ0v) is 36.8. The number of esters is 3. The molecule has 0 bridgehead atoms. The fourth-order valence-electron chi connectivity index (χ4n) is 6.00. The molecule has 0 N–H and O–H groups in total. The Morgan fingerprint density at radius 1 is 0.368 bits per heavy atom. The molecule has 0 fully saturated rings. The monoisotopic (exact) mass is 793 g/mol. The highest BCUT2D eigenvalue weighted by molar-refractivity contribution is 5.71. The van der Waals surface area contributed by atoms with Gasteiger partial charge in [0.15, 0.2) is 6.10 Å². The Labute approximate surface area is 350 Å². The zero-order valence-electron chi connectivity index (χ0n) is 36.8. The van der Waals surface area contributed by atoms with E-state index in [2.05, 4.69) is 93.7 Å². The molecule has 0 amide bonds. The fourth-order valence-corrected chi connectivity index (χ4v) is 6.00. The molecular weight excluding hydrogens is 709 g/mol. The minimum atomic E-state index is -0.817. The molecule has 0 rings (SSSR count). The zero-order chi connectivity index (χ0) is 41.5. The molecule has 0 spiro atoms. The van der Waals surface area contributed by atoms with Crippen molar-refractivity contribution in [1.82, 2.24) is 0 Å². The van der Waals surface area contributed by atoms with Gasteiger partial charge in [-0.2, -0.15) is 0 Å². The van der Waals surface area contributed by atoms with Crippen LogP contribution in [0.2, 0.25) is 0 Å². The van der Waals surface area contributed by atoms with Gasteiger partial charge in [-0.25, -0.2) is 0 Å². The lowest BCUT2D eigenvalue weighted by Crippen LogP contribution is -2.30. The first-order valence-corrected chi connectivity index (χ1v) is 23.1. The molecule has 0 radical (unpaired) electrons. The molecule has 0 aliphatic carbocycles. The molecule has 57 heavy (non-hydrogen) atoms. The number of carbonyl (C=O) groups is 3. The van der Waals surface area contributed by atoms with Gasteiger partial charge in [0.25, 0.3) is 0 Å². The second-order valence-electron chi connectivity index (χ2n) is 14.9. The summed E-state index contributed by atoms with van der Waals surface area (Å²) >= 11 is 0. The third-order valence-corrected chi connectivity index (χ3v) is 9.41. The van der Waals surface area contributed by atoms with Crippen LogP contribution in [0.5, 0.6) is 0 Å². The first kappa shape index (κ1) is 53.6. The van der Waals surface area contributed by atoms with Crippen molar-refractivity contribution in [2.75, 3.05) is 13.2 Å². The molecule has 0 aliphatic rings. The van der Waals surface area contributed by atoms with E-state index in [1.807, 2.05) is 12.2 Å². The van der Waals surface area contributed by atoms with Gasteiger partial charge in [0.2, 0.25) is 0 Å². The van der Waals surface area contributed by atoms with Crippen LogP contribution < -0.4 is 0 Å². The summed E-state index contributed by atoms with van der Waals surface area (Å²) in [6.07, 6.45) is 57.2. The molecule has 0 aliphatic heterocycles. The summed E-state index contributed by atoms with van der Waals surface area (Å²) in [5.41, 5.74) is 0. The van der Waals surface area contributed by atoms with Crippen LogP contribution in [0.15, 0.2) is 85.1 Å². The quantitative estimate of drug-likeness (QED) is 0.0266. The van der Waals surface area contributed by atoms with Crippen molar-refractivity contribution in [2.24, 2.45) is 0 Å². The van der Waals surface area contributed by atoms with Gasteiger partial charge in [-0.3, -0.25) is 14.4 Å². The number of rotatable bonds is 40. The summed E-state index contributed by atoms with van der Waals surface area (Å²) in [6.45, 7) is 6.29. The van der Waals surface area contributed by atoms with E-state index in [9.17, 15) is 14.4 Å². The molecule has 0 aromatic rings. The van der Waals surface area contributed by atoms with E-state index in [-0.39, 0.29) is 44.0 Å². The highest BCUT2D eigenvalue weighted by atomic mass is 16.6. The van der Waals surface area contributed by atoms with Crippen molar-refractivity contribution >= 4 is 17.9 Å². The SMILES string of the molecule is CC/C=C\C/C=C\C/C=C\C/C=C\CCC(=O)OCC(COC(=O)CCCCCCCCCCCCCCC)OC(=O)CCCCC/C=C\C/C=C\C/C=C\CC. The van der Waals surface area contributed by atoms with E-state index in [1.54, 1.807) is 0 Å². The Morgan fingerprint density at radius 3 is 1.18 bits per heavy atom. The third kappa shape index (κ3) is 43.6. The van der Waals surface area contributed by atoms with Crippen LogP contribution in [0, 0.1) is 0 Å². The summed E-state index contributed by atoms with van der Waals surface area (Å²) in [5.74, 6) is -1.03. The Kier molecular flexibility index (Phi) is 42.6. The predicted molar refractivity (Wildman–Crippen MR) is 242 cm³/mol. The smallest absolute Gasteiger partial charge is 0.306 e. The molecule has 0 heterocycles. The maximum Gasteiger partial charge on any atom is 0.306 e. The molecule has 1 unspecified atom stereocenters. The maximum absolute atomic E-state index is 12.7. The number of hydrogen-bond donors (Lipinski definition) is 0. The molecule has 0 aromatic heterocycles. The van der Waals surface area contributed by atoms with Crippen molar-refractivity contribution in [3.63, 3.8) is 0 Å². The highest BCUT2D eigenvalue weighted by Gasteiger charge is 2.19. The van der Waals surface area contributed by atoms with E-state index in [0.717, 1.165) is 89.9 Å². The first-order valence-electron chi connectivity index (χ1n) is 23.1. The lowest BCUT2D eigenvalue weighted by atomic mass is 10.0. The summed E-state index contributed by atoms with van der Waals surface area (Å²) in [5, 5.41) is 0. The predicted octanol–water partition coefficient (Wildman–Crippen LogP) is 14.9. The summed E-state index contributed by atoms with van der Waals surface area (Å²) in [6, 6.07) is 0. The van der Waals surface area contributed by atoms with E-state index in [1.165, 1.54) is 64.2 Å². The average molecular weight is 793 g/mol. The highest BCUT2D eigenvalue weighted by Crippen LogP contribution is 2.14. The van der Waals surface area contributed by atoms with Crippen LogP contribution >= 0.6 is 0 Å². The minimum absolute atomic E-state index is 0.110. The topological polar surface area (TPSA) is 78.9 Å². The van der Waals surface area contributed by atoms with Gasteiger partial charge in [0.1, 0.15) is 13.2 Å².